The first-order chi connectivity index (χ1) is 11.0. The molecule has 1 N–H and O–H groups in total. The number of hydrogen-bond acceptors (Lipinski definition) is 2. The van der Waals surface area contributed by atoms with Crippen LogP contribution in [0.4, 0.5) is 4.79 Å². The van der Waals surface area contributed by atoms with Crippen molar-refractivity contribution in [3.8, 4) is 0 Å². The Morgan fingerprint density at radius 3 is 2.70 bits per heavy atom. The first kappa shape index (κ1) is 16.1. The number of nitrogens with one attached hydrogen (secondary N) is 1. The number of hydrogen-bond donors (Lipinski definition) is 1. The van der Waals surface area contributed by atoms with Gasteiger partial charge in [-0.2, -0.15) is 0 Å². The molecule has 1 amide bonds. The van der Waals surface area contributed by atoms with Crippen LogP contribution in [0.3, 0.4) is 0 Å². The van der Waals surface area contributed by atoms with Crippen molar-refractivity contribution in [3.05, 3.63) is 69.7 Å². The number of carbonyl (C=O) groups excluding carboxylic acids is 1. The number of carbonyl (C=O) groups is 1. The van der Waals surface area contributed by atoms with Gasteiger partial charge in [-0.25, -0.2) is 4.79 Å². The van der Waals surface area contributed by atoms with Crippen LogP contribution in [0.1, 0.15) is 36.6 Å². The first-order valence-electron chi connectivity index (χ1n) is 7.72. The van der Waals surface area contributed by atoms with Crippen molar-refractivity contribution in [3.63, 3.8) is 0 Å². The summed E-state index contributed by atoms with van der Waals surface area (Å²) in [5.41, 5.74) is 3.38. The van der Waals surface area contributed by atoms with Crippen molar-refractivity contribution >= 4 is 22.0 Å². The molecule has 0 fully saturated rings. The highest BCUT2D eigenvalue weighted by Gasteiger charge is 2.40. The Bertz CT molecular complexity index is 713. The summed E-state index contributed by atoms with van der Waals surface area (Å²) in [4.78, 5) is 12.2. The number of ether oxygens (including phenoxy) is 1. The molecule has 0 aromatic heterocycles. The fraction of sp³-hybridized carbons (Fsp3) is 0.316. The fourth-order valence-corrected chi connectivity index (χ4v) is 3.69. The summed E-state index contributed by atoms with van der Waals surface area (Å²) in [6, 6.07) is 15.8. The van der Waals surface area contributed by atoms with Crippen LogP contribution in [0.25, 0.3) is 0 Å². The molecule has 1 aliphatic rings. The van der Waals surface area contributed by atoms with Crippen LogP contribution in [-0.2, 0) is 17.8 Å². The first-order valence-corrected chi connectivity index (χ1v) is 8.51. The molecule has 0 spiro atoms. The molecule has 1 aliphatic carbocycles. The molecule has 0 aliphatic heterocycles. The highest BCUT2D eigenvalue weighted by atomic mass is 79.9. The molecule has 4 heteroatoms. The zero-order valence-corrected chi connectivity index (χ0v) is 14.9. The summed E-state index contributed by atoms with van der Waals surface area (Å²) in [6.45, 7) is 4.62. The van der Waals surface area contributed by atoms with Gasteiger partial charge in [-0.3, -0.25) is 0 Å². The summed E-state index contributed by atoms with van der Waals surface area (Å²) in [6.07, 6.45) is 0.549. The molecule has 3 rings (SSSR count). The molecule has 0 saturated heterocycles. The predicted octanol–water partition coefficient (Wildman–Crippen LogP) is 5.00. The second kappa shape index (κ2) is 6.36. The molecule has 0 bridgehead atoms. The van der Waals surface area contributed by atoms with Gasteiger partial charge in [0.25, 0.3) is 0 Å². The van der Waals surface area contributed by atoms with Gasteiger partial charge in [-0.15, -0.1) is 0 Å². The highest BCUT2D eigenvalue weighted by molar-refractivity contribution is 9.10. The zero-order chi connectivity index (χ0) is 16.4. The lowest BCUT2D eigenvalue weighted by Crippen LogP contribution is -2.35. The predicted molar refractivity (Wildman–Crippen MR) is 94.1 cm³/mol. The smallest absolute Gasteiger partial charge is 0.407 e. The fourth-order valence-electron chi connectivity index (χ4n) is 3.17. The second-order valence-corrected chi connectivity index (χ2v) is 7.47. The Labute approximate surface area is 145 Å². The number of amides is 1. The summed E-state index contributed by atoms with van der Waals surface area (Å²) in [5, 5.41) is 3.04. The maximum atomic E-state index is 12.2. The van der Waals surface area contributed by atoms with Crippen molar-refractivity contribution in [1.29, 1.82) is 0 Å². The Balaban J connectivity index is 1.70. The van der Waals surface area contributed by atoms with E-state index in [-0.39, 0.29) is 24.2 Å². The van der Waals surface area contributed by atoms with Crippen LogP contribution in [0, 0.1) is 5.41 Å². The standard InChI is InChI=1S/C19H20BrNO2/c1-19(2)11-15-14(9-6-10-16(15)20)17(19)21-18(22)23-12-13-7-4-3-5-8-13/h3-10,17H,11-12H2,1-2H3,(H,21,22). The molecule has 0 saturated carbocycles. The largest absolute Gasteiger partial charge is 0.445 e. The number of benzene rings is 2. The van der Waals surface area contributed by atoms with E-state index in [2.05, 4.69) is 41.2 Å². The van der Waals surface area contributed by atoms with Crippen LogP contribution < -0.4 is 5.32 Å². The molecule has 1 atom stereocenters. The van der Waals surface area contributed by atoms with Crippen molar-refractivity contribution in [2.75, 3.05) is 0 Å². The van der Waals surface area contributed by atoms with Gasteiger partial charge in [-0.05, 0) is 34.6 Å². The van der Waals surface area contributed by atoms with E-state index in [0.29, 0.717) is 0 Å². The van der Waals surface area contributed by atoms with Crippen molar-refractivity contribution in [1.82, 2.24) is 5.32 Å². The number of halogens is 1. The minimum Gasteiger partial charge on any atom is -0.445 e. The van der Waals surface area contributed by atoms with Gasteiger partial charge < -0.3 is 10.1 Å². The van der Waals surface area contributed by atoms with Gasteiger partial charge in [0, 0.05) is 4.47 Å². The van der Waals surface area contributed by atoms with E-state index in [9.17, 15) is 4.79 Å². The van der Waals surface area contributed by atoms with Crippen LogP contribution in [0.5, 0.6) is 0 Å². The van der Waals surface area contributed by atoms with Gasteiger partial charge in [-0.1, -0.05) is 72.2 Å². The molecular weight excluding hydrogens is 354 g/mol. The molecule has 23 heavy (non-hydrogen) atoms. The van der Waals surface area contributed by atoms with E-state index in [1.807, 2.05) is 42.5 Å². The third kappa shape index (κ3) is 3.42. The monoisotopic (exact) mass is 373 g/mol. The van der Waals surface area contributed by atoms with Gasteiger partial charge in [0.2, 0.25) is 0 Å². The maximum Gasteiger partial charge on any atom is 0.407 e. The maximum absolute atomic E-state index is 12.2. The van der Waals surface area contributed by atoms with Crippen LogP contribution in [-0.4, -0.2) is 6.09 Å². The van der Waals surface area contributed by atoms with Crippen molar-refractivity contribution in [2.24, 2.45) is 5.41 Å². The molecule has 3 nitrogen and oxygen atoms in total. The van der Waals surface area contributed by atoms with Gasteiger partial charge in [0.05, 0.1) is 6.04 Å². The molecular formula is C19H20BrNO2. The summed E-state index contributed by atoms with van der Waals surface area (Å²) in [5.74, 6) is 0. The zero-order valence-electron chi connectivity index (χ0n) is 13.3. The van der Waals surface area contributed by atoms with Crippen molar-refractivity contribution in [2.45, 2.75) is 32.9 Å². The lowest BCUT2D eigenvalue weighted by atomic mass is 9.85. The van der Waals surface area contributed by atoms with Crippen LogP contribution in [0.2, 0.25) is 0 Å². The average Bonchev–Trinajstić information content (AvgIpc) is 2.79. The van der Waals surface area contributed by atoms with E-state index in [0.717, 1.165) is 16.5 Å². The van der Waals surface area contributed by atoms with E-state index < -0.39 is 0 Å². The Morgan fingerprint density at radius 2 is 1.96 bits per heavy atom. The van der Waals surface area contributed by atoms with Crippen LogP contribution >= 0.6 is 15.9 Å². The highest BCUT2D eigenvalue weighted by Crippen LogP contribution is 2.47. The van der Waals surface area contributed by atoms with Gasteiger partial charge in [0.1, 0.15) is 6.61 Å². The third-order valence-corrected chi connectivity index (χ3v) is 5.10. The summed E-state index contributed by atoms with van der Waals surface area (Å²) in [7, 11) is 0. The topological polar surface area (TPSA) is 38.3 Å². The molecule has 2 aromatic carbocycles. The number of fused-ring (bicyclic) bond motifs is 1. The van der Waals surface area contributed by atoms with E-state index in [4.69, 9.17) is 4.74 Å². The minimum atomic E-state index is -0.375. The van der Waals surface area contributed by atoms with E-state index in [1.165, 1.54) is 11.1 Å². The lowest BCUT2D eigenvalue weighted by Gasteiger charge is -2.28. The Kier molecular flexibility index (Phi) is 4.44. The van der Waals surface area contributed by atoms with Gasteiger partial charge in [0.15, 0.2) is 0 Å². The number of rotatable bonds is 3. The lowest BCUT2D eigenvalue weighted by molar-refractivity contribution is 0.126. The summed E-state index contributed by atoms with van der Waals surface area (Å²) >= 11 is 3.61. The molecule has 2 aromatic rings. The normalized spacial score (nSPS) is 18.3. The molecule has 120 valence electrons. The third-order valence-electron chi connectivity index (χ3n) is 4.35. The second-order valence-electron chi connectivity index (χ2n) is 6.61. The van der Waals surface area contributed by atoms with Crippen LogP contribution in [0.15, 0.2) is 53.0 Å². The Morgan fingerprint density at radius 1 is 1.22 bits per heavy atom. The molecule has 0 heterocycles. The molecule has 1 unspecified atom stereocenters. The SMILES string of the molecule is CC1(C)Cc2c(Br)cccc2C1NC(=O)OCc1ccccc1. The van der Waals surface area contributed by atoms with Crippen molar-refractivity contribution < 1.29 is 9.53 Å². The van der Waals surface area contributed by atoms with Gasteiger partial charge >= 0.3 is 6.09 Å². The number of alkyl carbamates (subject to hydrolysis) is 1. The quantitative estimate of drug-likeness (QED) is 0.821. The Hall–Kier alpha value is -1.81. The van der Waals surface area contributed by atoms with E-state index >= 15 is 0 Å². The molecule has 0 radical (unpaired) electrons. The minimum absolute atomic E-state index is 0.0433. The average molecular weight is 374 g/mol. The van der Waals surface area contributed by atoms with E-state index in [1.54, 1.807) is 0 Å². The summed E-state index contributed by atoms with van der Waals surface area (Å²) < 4.78 is 6.47.